The summed E-state index contributed by atoms with van der Waals surface area (Å²) < 4.78 is 6.35. The van der Waals surface area contributed by atoms with Crippen molar-refractivity contribution in [3.63, 3.8) is 0 Å². The van der Waals surface area contributed by atoms with Gasteiger partial charge in [-0.05, 0) is 47.6 Å². The number of carbonyl (C=O) groups is 2. The first kappa shape index (κ1) is 15.2. The number of anilines is 1. The third kappa shape index (κ3) is 3.92. The average molecular weight is 388 g/mol. The fraction of sp³-hybridized carbons (Fsp3) is 0.429. The zero-order valence-electron chi connectivity index (χ0n) is 10.8. The predicted octanol–water partition coefficient (Wildman–Crippen LogP) is 1.16. The van der Waals surface area contributed by atoms with Crippen LogP contribution in [-0.4, -0.2) is 24.6 Å². The Morgan fingerprint density at radius 1 is 1.45 bits per heavy atom. The van der Waals surface area contributed by atoms with Gasteiger partial charge in [0.05, 0.1) is 17.7 Å². The van der Waals surface area contributed by atoms with E-state index in [0.717, 1.165) is 9.99 Å². The molecule has 0 aromatic heterocycles. The Balaban J connectivity index is 2.09. The molecule has 0 unspecified atom stereocenters. The van der Waals surface area contributed by atoms with Crippen LogP contribution in [0.15, 0.2) is 24.3 Å². The minimum atomic E-state index is -1.23. The minimum Gasteiger partial charge on any atom is -0.550 e. The first-order chi connectivity index (χ1) is 9.58. The number of halogens is 1. The summed E-state index contributed by atoms with van der Waals surface area (Å²) in [7, 11) is 0. The van der Waals surface area contributed by atoms with Crippen LogP contribution in [0.3, 0.4) is 0 Å². The molecule has 0 radical (unpaired) electrons. The van der Waals surface area contributed by atoms with Crippen LogP contribution in [0.4, 0.5) is 5.69 Å². The fourth-order valence-electron chi connectivity index (χ4n) is 2.28. The Morgan fingerprint density at radius 3 is 2.80 bits per heavy atom. The molecule has 0 bridgehead atoms. The number of benzene rings is 1. The summed E-state index contributed by atoms with van der Waals surface area (Å²) in [5.41, 5.74) is 0.680. The molecule has 1 heterocycles. The zero-order chi connectivity index (χ0) is 14.5. The number of amides is 1. The van der Waals surface area contributed by atoms with E-state index in [-0.39, 0.29) is 18.4 Å². The first-order valence-corrected chi connectivity index (χ1v) is 7.52. The summed E-state index contributed by atoms with van der Waals surface area (Å²) >= 11 is 2.12. The zero-order valence-corrected chi connectivity index (χ0v) is 13.0. The highest BCUT2D eigenvalue weighted by Gasteiger charge is 2.32. The molecule has 1 aromatic rings. The van der Waals surface area contributed by atoms with E-state index in [9.17, 15) is 14.7 Å². The Hall–Kier alpha value is -1.15. The number of carboxylic acids is 1. The highest BCUT2D eigenvalue weighted by molar-refractivity contribution is 14.1. The molecule has 0 aliphatic carbocycles. The molecule has 1 amide bonds. The Bertz CT molecular complexity index is 500. The summed E-state index contributed by atoms with van der Waals surface area (Å²) in [6, 6.07) is 7.34. The molecule has 5 nitrogen and oxygen atoms in total. The molecule has 1 aliphatic rings. The monoisotopic (exact) mass is 388 g/mol. The van der Waals surface area contributed by atoms with Crippen LogP contribution in [0, 0.1) is 9.49 Å². The van der Waals surface area contributed by atoms with E-state index < -0.39 is 11.9 Å². The van der Waals surface area contributed by atoms with Crippen LogP contribution < -0.4 is 10.4 Å². The smallest absolute Gasteiger partial charge is 0.230 e. The van der Waals surface area contributed by atoms with Gasteiger partial charge in [-0.3, -0.25) is 4.79 Å². The number of hydrogen-bond acceptors (Lipinski definition) is 4. The van der Waals surface area contributed by atoms with Crippen LogP contribution in [-0.2, 0) is 14.3 Å². The van der Waals surface area contributed by atoms with Crippen LogP contribution in [0.2, 0.25) is 0 Å². The van der Waals surface area contributed by atoms with Crippen LogP contribution >= 0.6 is 22.6 Å². The van der Waals surface area contributed by atoms with Gasteiger partial charge in [0.2, 0.25) is 5.91 Å². The van der Waals surface area contributed by atoms with E-state index >= 15 is 0 Å². The van der Waals surface area contributed by atoms with Gasteiger partial charge in [-0.2, -0.15) is 0 Å². The highest BCUT2D eigenvalue weighted by Crippen LogP contribution is 2.25. The van der Waals surface area contributed by atoms with E-state index in [2.05, 4.69) is 27.9 Å². The van der Waals surface area contributed by atoms with Crippen molar-refractivity contribution in [1.29, 1.82) is 0 Å². The molecule has 0 saturated carbocycles. The van der Waals surface area contributed by atoms with Crippen molar-refractivity contribution in [2.24, 2.45) is 5.92 Å². The number of hydrogen-bond donors (Lipinski definition) is 1. The lowest BCUT2D eigenvalue weighted by molar-refractivity contribution is -0.307. The number of ether oxygens (including phenoxy) is 1. The quantitative estimate of drug-likeness (QED) is 0.769. The van der Waals surface area contributed by atoms with Crippen molar-refractivity contribution in [2.45, 2.75) is 25.4 Å². The lowest BCUT2D eigenvalue weighted by Crippen LogP contribution is -2.38. The Kier molecular flexibility index (Phi) is 5.36. The number of aliphatic carboxylic acids is 1. The maximum absolute atomic E-state index is 12.3. The first-order valence-electron chi connectivity index (χ1n) is 6.45. The van der Waals surface area contributed by atoms with Crippen LogP contribution in [0.5, 0.6) is 0 Å². The predicted molar refractivity (Wildman–Crippen MR) is 79.9 cm³/mol. The van der Waals surface area contributed by atoms with Gasteiger partial charge in [-0.1, -0.05) is 12.1 Å². The second-order valence-corrected chi connectivity index (χ2v) is 5.87. The van der Waals surface area contributed by atoms with Crippen molar-refractivity contribution in [1.82, 2.24) is 0 Å². The molecular formula is C14H15INO4-. The van der Waals surface area contributed by atoms with E-state index in [4.69, 9.17) is 4.74 Å². The van der Waals surface area contributed by atoms with E-state index in [1.165, 1.54) is 0 Å². The second kappa shape index (κ2) is 7.03. The molecular weight excluding hydrogens is 373 g/mol. The van der Waals surface area contributed by atoms with E-state index in [1.54, 1.807) is 6.07 Å². The SMILES string of the molecule is O=C([O-])C[C@@H](C(=O)Nc1ccccc1I)[C@@H]1CCCO1. The maximum Gasteiger partial charge on any atom is 0.230 e. The largest absolute Gasteiger partial charge is 0.550 e. The minimum absolute atomic E-state index is 0.320. The van der Waals surface area contributed by atoms with Gasteiger partial charge in [-0.15, -0.1) is 0 Å². The van der Waals surface area contributed by atoms with Gasteiger partial charge >= 0.3 is 0 Å². The number of rotatable bonds is 5. The van der Waals surface area contributed by atoms with Crippen LogP contribution in [0.1, 0.15) is 19.3 Å². The molecule has 20 heavy (non-hydrogen) atoms. The summed E-state index contributed by atoms with van der Waals surface area (Å²) in [6.45, 7) is 0.574. The Morgan fingerprint density at radius 2 is 2.20 bits per heavy atom. The standard InChI is InChI=1S/C14H16INO4/c15-10-4-1-2-5-11(10)16-14(19)9(8-13(17)18)12-6-3-7-20-12/h1-2,4-5,9,12H,3,6-8H2,(H,16,19)(H,17,18)/p-1/t9-,12+/m1/s1. The van der Waals surface area contributed by atoms with Crippen molar-refractivity contribution in [3.8, 4) is 0 Å². The van der Waals surface area contributed by atoms with Crippen molar-refractivity contribution < 1.29 is 19.4 Å². The molecule has 2 atom stereocenters. The van der Waals surface area contributed by atoms with Gasteiger partial charge in [0, 0.05) is 22.6 Å². The average Bonchev–Trinajstić information content (AvgIpc) is 2.92. The summed E-state index contributed by atoms with van der Waals surface area (Å²) in [6.07, 6.45) is 0.899. The molecule has 108 valence electrons. The Labute approximate surface area is 130 Å². The van der Waals surface area contributed by atoms with Crippen molar-refractivity contribution in [3.05, 3.63) is 27.8 Å². The van der Waals surface area contributed by atoms with E-state index in [0.29, 0.717) is 18.7 Å². The normalized spacial score (nSPS) is 19.6. The fourth-order valence-corrected chi connectivity index (χ4v) is 2.80. The molecule has 1 saturated heterocycles. The van der Waals surface area contributed by atoms with Gasteiger partial charge < -0.3 is 20.0 Å². The molecule has 1 aromatic carbocycles. The topological polar surface area (TPSA) is 78.5 Å². The van der Waals surface area contributed by atoms with E-state index in [1.807, 2.05) is 18.2 Å². The molecule has 6 heteroatoms. The summed E-state index contributed by atoms with van der Waals surface area (Å²) in [5, 5.41) is 13.6. The lowest BCUT2D eigenvalue weighted by Gasteiger charge is -2.23. The van der Waals surface area contributed by atoms with Gasteiger partial charge in [0.1, 0.15) is 0 Å². The van der Waals surface area contributed by atoms with Crippen LogP contribution in [0.25, 0.3) is 0 Å². The van der Waals surface area contributed by atoms with Gasteiger partial charge in [0.25, 0.3) is 0 Å². The number of carbonyl (C=O) groups excluding carboxylic acids is 2. The van der Waals surface area contributed by atoms with Crippen molar-refractivity contribution >= 4 is 40.2 Å². The highest BCUT2D eigenvalue weighted by atomic mass is 127. The number of carboxylic acid groups (broad SMARTS) is 1. The van der Waals surface area contributed by atoms with Gasteiger partial charge in [0.15, 0.2) is 0 Å². The summed E-state index contributed by atoms with van der Waals surface area (Å²) in [5.74, 6) is -2.27. The summed E-state index contributed by atoms with van der Waals surface area (Å²) in [4.78, 5) is 23.1. The molecule has 0 spiro atoms. The second-order valence-electron chi connectivity index (χ2n) is 4.70. The van der Waals surface area contributed by atoms with Crippen molar-refractivity contribution in [2.75, 3.05) is 11.9 Å². The third-order valence-corrected chi connectivity index (χ3v) is 4.21. The number of nitrogens with one attached hydrogen (secondary N) is 1. The van der Waals surface area contributed by atoms with Gasteiger partial charge in [-0.25, -0.2) is 0 Å². The third-order valence-electron chi connectivity index (χ3n) is 3.27. The molecule has 1 fully saturated rings. The molecule has 1 N–H and O–H groups in total. The maximum atomic E-state index is 12.3. The lowest BCUT2D eigenvalue weighted by atomic mass is 9.95. The molecule has 2 rings (SSSR count). The number of para-hydroxylation sites is 1. The molecule has 1 aliphatic heterocycles.